The van der Waals surface area contributed by atoms with E-state index in [0.717, 1.165) is 11.1 Å². The fraction of sp³-hybridized carbons (Fsp3) is 0.333. The Labute approximate surface area is 153 Å². The van der Waals surface area contributed by atoms with Crippen molar-refractivity contribution in [3.63, 3.8) is 0 Å². The molecule has 0 radical (unpaired) electrons. The van der Waals surface area contributed by atoms with E-state index >= 15 is 0 Å². The molecular formula is C21H25NO4. The normalized spacial score (nSPS) is 13.9. The van der Waals surface area contributed by atoms with Gasteiger partial charge in [0.25, 0.3) is 0 Å². The average Bonchev–Trinajstić information content (AvgIpc) is 2.55. The molecule has 0 aliphatic heterocycles. The molecule has 0 unspecified atom stereocenters. The Bertz CT molecular complexity index is 698. The minimum absolute atomic E-state index is 0.453. The number of carbonyl (C=O) groups excluding carboxylic acids is 1. The number of aliphatic carboxylic acids is 1. The van der Waals surface area contributed by atoms with Gasteiger partial charge in [-0.3, -0.25) is 9.59 Å². The van der Waals surface area contributed by atoms with Gasteiger partial charge in [0.1, 0.15) is 5.60 Å². The topological polar surface area (TPSA) is 89.6 Å². The molecule has 2 atom stereocenters. The quantitative estimate of drug-likeness (QED) is 0.613. The first-order valence-electron chi connectivity index (χ1n) is 8.52. The van der Waals surface area contributed by atoms with Crippen LogP contribution in [0.25, 0.3) is 0 Å². The molecule has 0 heterocycles. The summed E-state index contributed by atoms with van der Waals surface area (Å²) in [5, 5.41) is 9.67. The van der Waals surface area contributed by atoms with Gasteiger partial charge in [-0.05, 0) is 31.9 Å². The number of carbonyl (C=O) groups is 2. The smallest absolute Gasteiger partial charge is 0.322 e. The summed E-state index contributed by atoms with van der Waals surface area (Å²) in [5.74, 6) is -4.04. The van der Waals surface area contributed by atoms with Crippen molar-refractivity contribution in [3.8, 4) is 0 Å². The van der Waals surface area contributed by atoms with Gasteiger partial charge in [0.15, 0.2) is 5.92 Å². The predicted octanol–water partition coefficient (Wildman–Crippen LogP) is 3.19. The summed E-state index contributed by atoms with van der Waals surface area (Å²) >= 11 is 0. The van der Waals surface area contributed by atoms with Crippen molar-refractivity contribution >= 4 is 11.9 Å². The minimum Gasteiger partial charge on any atom is -0.481 e. The zero-order valence-corrected chi connectivity index (χ0v) is 15.3. The molecule has 5 heteroatoms. The average molecular weight is 355 g/mol. The van der Waals surface area contributed by atoms with E-state index in [1.165, 1.54) is 0 Å². The van der Waals surface area contributed by atoms with E-state index in [4.69, 9.17) is 10.5 Å². The summed E-state index contributed by atoms with van der Waals surface area (Å²) in [7, 11) is 0. The number of rotatable bonds is 6. The highest BCUT2D eigenvalue weighted by atomic mass is 16.6. The van der Waals surface area contributed by atoms with Crippen molar-refractivity contribution in [1.29, 1.82) is 0 Å². The van der Waals surface area contributed by atoms with Crippen LogP contribution in [0, 0.1) is 5.92 Å². The number of hydrogen-bond donors (Lipinski definition) is 2. The van der Waals surface area contributed by atoms with Gasteiger partial charge < -0.3 is 15.6 Å². The standard InChI is InChI=1S/C21H25NO4/c1-21(2,3)26-20(25)17(19(23)24)18(22)16(14-10-6-4-7-11-14)15-12-8-5-9-13-15/h4-13,16-18H,22H2,1-3H3,(H,23,24)/t17-,18-/m1/s1. The second kappa shape index (κ2) is 8.15. The Hall–Kier alpha value is -2.66. The van der Waals surface area contributed by atoms with Crippen LogP contribution in [0.15, 0.2) is 60.7 Å². The van der Waals surface area contributed by atoms with Crippen LogP contribution in [0.1, 0.15) is 37.8 Å². The number of hydrogen-bond acceptors (Lipinski definition) is 4. The molecule has 0 spiro atoms. The van der Waals surface area contributed by atoms with E-state index in [1.54, 1.807) is 20.8 Å². The second-order valence-corrected chi connectivity index (χ2v) is 7.23. The summed E-state index contributed by atoms with van der Waals surface area (Å²) < 4.78 is 5.30. The Kier molecular flexibility index (Phi) is 6.16. The third-order valence-corrected chi connectivity index (χ3v) is 4.01. The van der Waals surface area contributed by atoms with Gasteiger partial charge in [-0.15, -0.1) is 0 Å². The summed E-state index contributed by atoms with van der Waals surface area (Å²) in [5.41, 5.74) is 7.27. The third kappa shape index (κ3) is 4.92. The highest BCUT2D eigenvalue weighted by Gasteiger charge is 2.41. The molecule has 0 amide bonds. The third-order valence-electron chi connectivity index (χ3n) is 4.01. The summed E-state index contributed by atoms with van der Waals surface area (Å²) in [4.78, 5) is 24.4. The predicted molar refractivity (Wildman–Crippen MR) is 99.7 cm³/mol. The maximum absolute atomic E-state index is 12.5. The van der Waals surface area contributed by atoms with Crippen LogP contribution < -0.4 is 5.73 Å². The molecule has 5 nitrogen and oxygen atoms in total. The van der Waals surface area contributed by atoms with Crippen molar-refractivity contribution < 1.29 is 19.4 Å². The number of benzene rings is 2. The Balaban J connectivity index is 2.45. The molecule has 2 aromatic rings. The second-order valence-electron chi connectivity index (χ2n) is 7.23. The van der Waals surface area contributed by atoms with E-state index in [0.29, 0.717) is 0 Å². The molecule has 0 fully saturated rings. The van der Waals surface area contributed by atoms with Crippen molar-refractivity contribution in [2.24, 2.45) is 11.7 Å². The van der Waals surface area contributed by atoms with Crippen molar-refractivity contribution in [3.05, 3.63) is 71.8 Å². The van der Waals surface area contributed by atoms with Gasteiger partial charge in [-0.2, -0.15) is 0 Å². The number of carboxylic acid groups (broad SMARTS) is 1. The Morgan fingerprint density at radius 2 is 1.35 bits per heavy atom. The maximum Gasteiger partial charge on any atom is 0.322 e. The highest BCUT2D eigenvalue weighted by Crippen LogP contribution is 2.31. The van der Waals surface area contributed by atoms with Gasteiger partial charge in [0.2, 0.25) is 0 Å². The zero-order valence-electron chi connectivity index (χ0n) is 15.3. The zero-order chi connectivity index (χ0) is 19.3. The molecule has 0 saturated heterocycles. The lowest BCUT2D eigenvalue weighted by molar-refractivity contribution is -0.167. The van der Waals surface area contributed by atoms with Crippen LogP contribution in [0.3, 0.4) is 0 Å². The fourth-order valence-corrected chi connectivity index (χ4v) is 2.94. The number of nitrogens with two attached hydrogens (primary N) is 1. The van der Waals surface area contributed by atoms with Crippen LogP contribution in [-0.4, -0.2) is 28.7 Å². The maximum atomic E-state index is 12.5. The van der Waals surface area contributed by atoms with Crippen molar-refractivity contribution in [1.82, 2.24) is 0 Å². The molecular weight excluding hydrogens is 330 g/mol. The van der Waals surface area contributed by atoms with E-state index < -0.39 is 35.4 Å². The monoisotopic (exact) mass is 355 g/mol. The Morgan fingerprint density at radius 3 is 1.69 bits per heavy atom. The van der Waals surface area contributed by atoms with Crippen LogP contribution >= 0.6 is 0 Å². The number of ether oxygens (including phenoxy) is 1. The first-order chi connectivity index (χ1) is 12.2. The van der Waals surface area contributed by atoms with Crippen LogP contribution in [-0.2, 0) is 14.3 Å². The first kappa shape index (κ1) is 19.7. The lowest BCUT2D eigenvalue weighted by atomic mass is 9.79. The minimum atomic E-state index is -1.47. The summed E-state index contributed by atoms with van der Waals surface area (Å²) in [6.45, 7) is 5.09. The summed E-state index contributed by atoms with van der Waals surface area (Å²) in [6.07, 6.45) is 0. The van der Waals surface area contributed by atoms with Gasteiger partial charge in [-0.1, -0.05) is 60.7 Å². The molecule has 0 aromatic heterocycles. The van der Waals surface area contributed by atoms with E-state index in [-0.39, 0.29) is 0 Å². The van der Waals surface area contributed by atoms with Gasteiger partial charge in [0, 0.05) is 12.0 Å². The van der Waals surface area contributed by atoms with Gasteiger partial charge in [-0.25, -0.2) is 0 Å². The molecule has 0 saturated carbocycles. The molecule has 2 rings (SSSR count). The number of esters is 1. The SMILES string of the molecule is CC(C)(C)OC(=O)[C@@H](C(=O)O)[C@H](N)C(c1ccccc1)c1ccccc1. The lowest BCUT2D eigenvalue weighted by Gasteiger charge is -2.30. The highest BCUT2D eigenvalue weighted by molar-refractivity contribution is 5.95. The molecule has 2 aromatic carbocycles. The van der Waals surface area contributed by atoms with Gasteiger partial charge in [0.05, 0.1) is 0 Å². The van der Waals surface area contributed by atoms with E-state index in [2.05, 4.69) is 0 Å². The first-order valence-corrected chi connectivity index (χ1v) is 8.52. The number of carboxylic acids is 1. The van der Waals surface area contributed by atoms with Crippen molar-refractivity contribution in [2.75, 3.05) is 0 Å². The van der Waals surface area contributed by atoms with E-state index in [1.807, 2.05) is 60.7 Å². The lowest BCUT2D eigenvalue weighted by Crippen LogP contribution is -2.47. The largest absolute Gasteiger partial charge is 0.481 e. The Morgan fingerprint density at radius 1 is 0.923 bits per heavy atom. The van der Waals surface area contributed by atoms with E-state index in [9.17, 15) is 14.7 Å². The van der Waals surface area contributed by atoms with Crippen molar-refractivity contribution in [2.45, 2.75) is 38.3 Å². The molecule has 26 heavy (non-hydrogen) atoms. The summed E-state index contributed by atoms with van der Waals surface area (Å²) in [6, 6.07) is 17.7. The molecule has 0 bridgehead atoms. The van der Waals surface area contributed by atoms with Crippen LogP contribution in [0.2, 0.25) is 0 Å². The molecule has 0 aliphatic carbocycles. The van der Waals surface area contributed by atoms with Gasteiger partial charge >= 0.3 is 11.9 Å². The van der Waals surface area contributed by atoms with Crippen LogP contribution in [0.5, 0.6) is 0 Å². The molecule has 138 valence electrons. The molecule has 0 aliphatic rings. The van der Waals surface area contributed by atoms with Crippen LogP contribution in [0.4, 0.5) is 0 Å². The molecule has 3 N–H and O–H groups in total. The fourth-order valence-electron chi connectivity index (χ4n) is 2.94.